The van der Waals surface area contributed by atoms with E-state index in [0.717, 1.165) is 11.3 Å². The number of thiazole rings is 1. The van der Waals surface area contributed by atoms with Crippen LogP contribution >= 0.6 is 11.3 Å². The number of benzene rings is 2. The van der Waals surface area contributed by atoms with Gasteiger partial charge >= 0.3 is 6.09 Å². The topological polar surface area (TPSA) is 150 Å². The zero-order valence-corrected chi connectivity index (χ0v) is 25.2. The van der Waals surface area contributed by atoms with Crippen LogP contribution in [0.5, 0.6) is 5.75 Å². The molecule has 0 aliphatic carbocycles. The number of amides is 1. The third-order valence-corrected chi connectivity index (χ3v) is 8.36. The van der Waals surface area contributed by atoms with E-state index >= 15 is 0 Å². The first kappa shape index (κ1) is 30.8. The van der Waals surface area contributed by atoms with Gasteiger partial charge in [0.05, 0.1) is 12.0 Å². The van der Waals surface area contributed by atoms with Gasteiger partial charge in [0.1, 0.15) is 23.2 Å². The summed E-state index contributed by atoms with van der Waals surface area (Å²) in [4.78, 5) is 29.8. The summed E-state index contributed by atoms with van der Waals surface area (Å²) >= 11 is 1.16. The highest BCUT2D eigenvalue weighted by atomic mass is 32.2. The Morgan fingerprint density at radius 1 is 1.15 bits per heavy atom. The summed E-state index contributed by atoms with van der Waals surface area (Å²) in [5, 5.41) is 4.54. The molecule has 0 aliphatic rings. The van der Waals surface area contributed by atoms with E-state index in [-0.39, 0.29) is 27.9 Å². The zero-order valence-electron chi connectivity index (χ0n) is 23.6. The first-order valence-electron chi connectivity index (χ1n) is 12.4. The van der Waals surface area contributed by atoms with Gasteiger partial charge in [-0.05, 0) is 75.9 Å². The number of aryl methyl sites for hydroxylation is 1. The molecule has 0 radical (unpaired) electrons. The number of nitrogens with one attached hydrogen (secondary N) is 1. The van der Waals surface area contributed by atoms with Crippen LogP contribution in [0.4, 0.5) is 4.79 Å². The van der Waals surface area contributed by atoms with Crippen molar-refractivity contribution in [3.63, 3.8) is 0 Å². The molecule has 1 heterocycles. The van der Waals surface area contributed by atoms with E-state index in [1.165, 1.54) is 13.3 Å². The van der Waals surface area contributed by atoms with Crippen LogP contribution < -0.4 is 15.8 Å². The minimum absolute atomic E-state index is 0.0700. The molecule has 40 heavy (non-hydrogen) atoms. The van der Waals surface area contributed by atoms with Crippen LogP contribution in [0.3, 0.4) is 0 Å². The average molecular weight is 587 g/mol. The number of carbonyl (C=O) groups excluding carboxylic acids is 2. The van der Waals surface area contributed by atoms with Crippen LogP contribution in [-0.2, 0) is 21.2 Å². The summed E-state index contributed by atoms with van der Waals surface area (Å²) < 4.78 is 41.2. The lowest BCUT2D eigenvalue weighted by Gasteiger charge is -2.23. The van der Waals surface area contributed by atoms with E-state index in [0.29, 0.717) is 33.6 Å². The minimum atomic E-state index is -4.16. The van der Waals surface area contributed by atoms with E-state index < -0.39 is 27.8 Å². The summed E-state index contributed by atoms with van der Waals surface area (Å²) in [5.41, 5.74) is 8.09. The number of hydrogen-bond donors (Lipinski definition) is 2. The molecule has 3 aromatic rings. The predicted octanol–water partition coefficient (Wildman–Crippen LogP) is 4.49. The molecule has 3 rings (SSSR count). The number of rotatable bonds is 9. The number of carbonyl (C=O) groups is 2. The van der Waals surface area contributed by atoms with E-state index in [1.807, 2.05) is 0 Å². The van der Waals surface area contributed by atoms with Gasteiger partial charge in [-0.2, -0.15) is 8.42 Å². The van der Waals surface area contributed by atoms with Gasteiger partial charge in [0.15, 0.2) is 5.01 Å². The van der Waals surface area contributed by atoms with E-state index in [9.17, 15) is 18.0 Å². The number of methoxy groups -OCH3 is 1. The van der Waals surface area contributed by atoms with Gasteiger partial charge in [-0.1, -0.05) is 18.2 Å². The molecule has 0 spiro atoms. The molecule has 0 bridgehead atoms. The summed E-state index contributed by atoms with van der Waals surface area (Å²) in [5.74, 6) is -0.00577. The number of ether oxygens (including phenoxy) is 2. The number of sulfonamides is 1. The molecule has 0 saturated heterocycles. The maximum absolute atomic E-state index is 13.3. The lowest BCUT2D eigenvalue weighted by atomic mass is 10.0. The highest BCUT2D eigenvalue weighted by Crippen LogP contribution is 2.31. The largest absolute Gasteiger partial charge is 0.496 e. The van der Waals surface area contributed by atoms with Crippen molar-refractivity contribution in [3.8, 4) is 5.75 Å². The smallest absolute Gasteiger partial charge is 0.408 e. The predicted molar refractivity (Wildman–Crippen MR) is 155 cm³/mol. The molecular weight excluding hydrogens is 552 g/mol. The zero-order chi connectivity index (χ0) is 29.8. The van der Waals surface area contributed by atoms with Crippen LogP contribution in [0.25, 0.3) is 0 Å². The standard InChI is InChI=1S/C28H34N4O6S2/c1-16-13-22(37-7)17(2)18(3)24(16)40(35,36)32-25(29)20-10-8-9-19(14-20)15-21(23(33)26-30-11-12-39-26)31-27(34)38-28(4,5)6/h8-14,21H,15H2,1-7H3,(H2,29,32)(H,31,34). The quantitative estimate of drug-likeness (QED) is 0.212. The summed E-state index contributed by atoms with van der Waals surface area (Å²) in [6.07, 6.45) is 0.849. The molecule has 1 atom stereocenters. The van der Waals surface area contributed by atoms with E-state index in [4.69, 9.17) is 15.2 Å². The van der Waals surface area contributed by atoms with Gasteiger partial charge in [0, 0.05) is 23.6 Å². The van der Waals surface area contributed by atoms with Gasteiger partial charge < -0.3 is 20.5 Å². The maximum atomic E-state index is 13.3. The van der Waals surface area contributed by atoms with Crippen LogP contribution in [0, 0.1) is 20.8 Å². The summed E-state index contributed by atoms with van der Waals surface area (Å²) in [6, 6.07) is 7.34. The van der Waals surface area contributed by atoms with Crippen molar-refractivity contribution in [1.29, 1.82) is 0 Å². The number of hydrogen-bond acceptors (Lipinski definition) is 8. The number of nitrogens with zero attached hydrogens (tertiary/aromatic N) is 2. The molecule has 0 saturated carbocycles. The third-order valence-electron chi connectivity index (χ3n) is 5.99. The Morgan fingerprint density at radius 2 is 1.85 bits per heavy atom. The molecule has 0 aliphatic heterocycles. The maximum Gasteiger partial charge on any atom is 0.408 e. The Labute approximate surface area is 238 Å². The van der Waals surface area contributed by atoms with Crippen LogP contribution in [0.1, 0.15) is 58.4 Å². The van der Waals surface area contributed by atoms with E-state index in [2.05, 4.69) is 14.7 Å². The lowest BCUT2D eigenvalue weighted by molar-refractivity contribution is 0.0491. The second-order valence-electron chi connectivity index (χ2n) is 10.2. The van der Waals surface area contributed by atoms with Crippen LogP contribution in [0.15, 0.2) is 51.2 Å². The molecule has 1 aromatic heterocycles. The lowest BCUT2D eigenvalue weighted by Crippen LogP contribution is -2.44. The SMILES string of the molecule is COc1cc(C)c(S(=O)(=O)N=C(N)c2cccc(CC(NC(=O)OC(C)(C)C)C(=O)c3nccs3)c2)c(C)c1C. The molecule has 1 unspecified atom stereocenters. The van der Waals surface area contributed by atoms with E-state index in [1.54, 1.807) is 77.3 Å². The van der Waals surface area contributed by atoms with Crippen LogP contribution in [0.2, 0.25) is 0 Å². The highest BCUT2D eigenvalue weighted by molar-refractivity contribution is 7.90. The van der Waals surface area contributed by atoms with Crippen molar-refractivity contribution in [3.05, 3.63) is 74.7 Å². The third kappa shape index (κ3) is 7.45. The van der Waals surface area contributed by atoms with Crippen molar-refractivity contribution < 1.29 is 27.5 Å². The van der Waals surface area contributed by atoms with Crippen molar-refractivity contribution in [1.82, 2.24) is 10.3 Å². The van der Waals surface area contributed by atoms with Crippen LogP contribution in [-0.4, -0.2) is 49.9 Å². The fourth-order valence-electron chi connectivity index (χ4n) is 4.10. The highest BCUT2D eigenvalue weighted by Gasteiger charge is 2.28. The number of Topliss-reactive ketones (excluding diaryl/α,β-unsaturated/α-hetero) is 1. The number of ketones is 1. The Bertz CT molecular complexity index is 1540. The molecule has 3 N–H and O–H groups in total. The number of aromatic nitrogens is 1. The van der Waals surface area contributed by atoms with Gasteiger partial charge in [-0.3, -0.25) is 4.79 Å². The first-order chi connectivity index (χ1) is 18.6. The molecule has 214 valence electrons. The van der Waals surface area contributed by atoms with Crippen molar-refractivity contribution >= 4 is 39.1 Å². The molecule has 2 aromatic carbocycles. The van der Waals surface area contributed by atoms with Gasteiger partial charge in [-0.25, -0.2) is 9.78 Å². The van der Waals surface area contributed by atoms with Crippen molar-refractivity contribution in [2.24, 2.45) is 10.1 Å². The second-order valence-corrected chi connectivity index (χ2v) is 12.7. The Balaban J connectivity index is 1.93. The van der Waals surface area contributed by atoms with Gasteiger partial charge in [-0.15, -0.1) is 15.7 Å². The fraction of sp³-hybridized carbons (Fsp3) is 0.357. The minimum Gasteiger partial charge on any atom is -0.496 e. The molecule has 1 amide bonds. The molecule has 0 fully saturated rings. The number of amidine groups is 1. The first-order valence-corrected chi connectivity index (χ1v) is 14.7. The van der Waals surface area contributed by atoms with Gasteiger partial charge in [0.2, 0.25) is 5.78 Å². The molecular formula is C28H34N4O6S2. The normalized spacial score (nSPS) is 13.0. The van der Waals surface area contributed by atoms with Gasteiger partial charge in [0.25, 0.3) is 10.0 Å². The monoisotopic (exact) mass is 586 g/mol. The Kier molecular flexibility index (Phi) is 9.36. The number of nitrogens with two attached hydrogens (primary N) is 1. The Hall–Kier alpha value is -3.77. The summed E-state index contributed by atoms with van der Waals surface area (Å²) in [7, 11) is -2.63. The van der Waals surface area contributed by atoms with Crippen molar-refractivity contribution in [2.45, 2.75) is 64.5 Å². The Morgan fingerprint density at radius 3 is 2.45 bits per heavy atom. The average Bonchev–Trinajstić information content (AvgIpc) is 3.39. The number of alkyl carbamates (subject to hydrolysis) is 1. The molecule has 10 nitrogen and oxygen atoms in total. The van der Waals surface area contributed by atoms with Crippen molar-refractivity contribution in [2.75, 3.05) is 7.11 Å². The second kappa shape index (κ2) is 12.2. The fourth-order valence-corrected chi connectivity index (χ4v) is 6.20. The molecule has 12 heteroatoms. The summed E-state index contributed by atoms with van der Waals surface area (Å²) in [6.45, 7) is 10.3.